The second-order valence-electron chi connectivity index (χ2n) is 4.36. The van der Waals surface area contributed by atoms with Crippen LogP contribution in [0.2, 0.25) is 0 Å². The summed E-state index contributed by atoms with van der Waals surface area (Å²) in [4.78, 5) is 0. The molecule has 0 saturated carbocycles. The van der Waals surface area contributed by atoms with Crippen LogP contribution in [0, 0.1) is 17.7 Å². The van der Waals surface area contributed by atoms with Crippen molar-refractivity contribution in [1.82, 2.24) is 0 Å². The van der Waals surface area contributed by atoms with E-state index in [9.17, 15) is 4.39 Å². The molecule has 3 nitrogen and oxygen atoms in total. The number of aliphatic hydroxyl groups excluding tert-OH is 1. The summed E-state index contributed by atoms with van der Waals surface area (Å²) in [7, 11) is 0. The Morgan fingerprint density at radius 2 is 2.37 bits per heavy atom. The summed E-state index contributed by atoms with van der Waals surface area (Å²) in [6, 6.07) is 4.27. The monoisotopic (exact) mass is 264 g/mol. The van der Waals surface area contributed by atoms with E-state index in [1.54, 1.807) is 6.07 Å². The van der Waals surface area contributed by atoms with E-state index in [-0.39, 0.29) is 18.5 Å². The highest BCUT2D eigenvalue weighted by Crippen LogP contribution is 2.21. The van der Waals surface area contributed by atoms with Crippen LogP contribution in [0.15, 0.2) is 18.2 Å². The summed E-state index contributed by atoms with van der Waals surface area (Å²) in [5, 5.41) is 8.69. The molecular weight excluding hydrogens is 247 g/mol. The van der Waals surface area contributed by atoms with E-state index in [4.69, 9.17) is 14.6 Å². The fourth-order valence-electron chi connectivity index (χ4n) is 1.90. The fourth-order valence-corrected chi connectivity index (χ4v) is 1.90. The number of ether oxygens (including phenoxy) is 2. The Morgan fingerprint density at radius 1 is 1.47 bits per heavy atom. The predicted octanol–water partition coefficient (Wildman–Crippen LogP) is 2.12. The highest BCUT2D eigenvalue weighted by Gasteiger charge is 2.16. The molecule has 1 aromatic carbocycles. The fraction of sp³-hybridized carbons (Fsp3) is 0.467. The van der Waals surface area contributed by atoms with E-state index in [2.05, 4.69) is 11.8 Å². The summed E-state index contributed by atoms with van der Waals surface area (Å²) in [6.07, 6.45) is 2.53. The van der Waals surface area contributed by atoms with Crippen LogP contribution < -0.4 is 4.74 Å². The van der Waals surface area contributed by atoms with Gasteiger partial charge in [-0.25, -0.2) is 4.39 Å². The lowest BCUT2D eigenvalue weighted by Gasteiger charge is -2.12. The lowest BCUT2D eigenvalue weighted by atomic mass is 10.2. The second kappa shape index (κ2) is 7.13. The van der Waals surface area contributed by atoms with Gasteiger partial charge in [0.2, 0.25) is 0 Å². The van der Waals surface area contributed by atoms with Crippen LogP contribution in [-0.2, 0) is 4.74 Å². The van der Waals surface area contributed by atoms with Gasteiger partial charge in [0.05, 0.1) is 18.3 Å². The van der Waals surface area contributed by atoms with Crippen molar-refractivity contribution in [1.29, 1.82) is 0 Å². The van der Waals surface area contributed by atoms with Crippen molar-refractivity contribution in [3.05, 3.63) is 29.6 Å². The summed E-state index contributed by atoms with van der Waals surface area (Å²) in [6.45, 7) is 1.23. The van der Waals surface area contributed by atoms with Crippen LogP contribution in [-0.4, -0.2) is 31.0 Å². The van der Waals surface area contributed by atoms with E-state index in [0.29, 0.717) is 24.3 Å². The smallest absolute Gasteiger partial charge is 0.135 e. The third kappa shape index (κ3) is 4.23. The van der Waals surface area contributed by atoms with E-state index in [0.717, 1.165) is 19.4 Å². The van der Waals surface area contributed by atoms with E-state index < -0.39 is 0 Å². The predicted molar refractivity (Wildman–Crippen MR) is 69.4 cm³/mol. The van der Waals surface area contributed by atoms with Crippen molar-refractivity contribution in [2.45, 2.75) is 25.4 Å². The van der Waals surface area contributed by atoms with Crippen LogP contribution in [0.25, 0.3) is 0 Å². The zero-order valence-corrected chi connectivity index (χ0v) is 10.7. The molecule has 19 heavy (non-hydrogen) atoms. The number of rotatable bonds is 4. The molecule has 0 spiro atoms. The molecule has 1 fully saturated rings. The average molecular weight is 264 g/mol. The van der Waals surface area contributed by atoms with Gasteiger partial charge in [-0.2, -0.15) is 0 Å². The minimum atomic E-state index is -0.349. The van der Waals surface area contributed by atoms with Gasteiger partial charge in [-0.15, -0.1) is 0 Å². The Balaban J connectivity index is 2.03. The average Bonchev–Trinajstić information content (AvgIpc) is 2.91. The Kier molecular flexibility index (Phi) is 5.20. The molecule has 0 bridgehead atoms. The van der Waals surface area contributed by atoms with Gasteiger partial charge in [-0.3, -0.25) is 0 Å². The van der Waals surface area contributed by atoms with Crippen molar-refractivity contribution in [2.75, 3.05) is 19.8 Å². The minimum absolute atomic E-state index is 0.00554. The molecule has 102 valence electrons. The molecule has 0 radical (unpaired) electrons. The first-order chi connectivity index (χ1) is 9.29. The summed E-state index contributed by atoms with van der Waals surface area (Å²) in [5.41, 5.74) is 0.506. The molecule has 0 aromatic heterocycles. The number of hydrogen-bond donors (Lipinski definition) is 1. The molecule has 2 rings (SSSR count). The lowest BCUT2D eigenvalue weighted by molar-refractivity contribution is 0.0678. The molecule has 1 atom stereocenters. The summed E-state index contributed by atoms with van der Waals surface area (Å²) >= 11 is 0. The third-order valence-electron chi connectivity index (χ3n) is 2.85. The Bertz CT molecular complexity index is 470. The van der Waals surface area contributed by atoms with Gasteiger partial charge >= 0.3 is 0 Å². The second-order valence-corrected chi connectivity index (χ2v) is 4.36. The Morgan fingerprint density at radius 3 is 3.11 bits per heavy atom. The van der Waals surface area contributed by atoms with Crippen LogP contribution in [0.5, 0.6) is 5.75 Å². The normalized spacial score (nSPS) is 17.9. The number of halogens is 1. The van der Waals surface area contributed by atoms with Gasteiger partial charge in [-0.1, -0.05) is 11.8 Å². The summed E-state index contributed by atoms with van der Waals surface area (Å²) in [5.74, 6) is 5.79. The SMILES string of the molecule is OCCC#Cc1cc(F)ccc1OCC1CCCO1. The quantitative estimate of drug-likeness (QED) is 0.847. The standard InChI is InChI=1S/C15H17FO3/c16-13-6-7-15(12(10-13)4-1-2-8-17)19-11-14-5-3-9-18-14/h6-7,10,14,17H,2-3,5,8-9,11H2. The maximum atomic E-state index is 13.2. The van der Waals surface area contributed by atoms with Gasteiger partial charge < -0.3 is 14.6 Å². The zero-order valence-electron chi connectivity index (χ0n) is 10.7. The summed E-state index contributed by atoms with van der Waals surface area (Å²) < 4.78 is 24.3. The number of benzene rings is 1. The molecule has 1 aliphatic heterocycles. The lowest BCUT2D eigenvalue weighted by Crippen LogP contribution is -2.16. The third-order valence-corrected chi connectivity index (χ3v) is 2.85. The van der Waals surface area contributed by atoms with Crippen molar-refractivity contribution >= 4 is 0 Å². The maximum absolute atomic E-state index is 13.2. The molecule has 4 heteroatoms. The highest BCUT2D eigenvalue weighted by atomic mass is 19.1. The van der Waals surface area contributed by atoms with Gasteiger partial charge in [0.25, 0.3) is 0 Å². The van der Waals surface area contributed by atoms with Gasteiger partial charge in [0.1, 0.15) is 18.2 Å². The van der Waals surface area contributed by atoms with E-state index >= 15 is 0 Å². The van der Waals surface area contributed by atoms with E-state index in [1.807, 2.05) is 0 Å². The van der Waals surface area contributed by atoms with Crippen molar-refractivity contribution in [3.8, 4) is 17.6 Å². The Hall–Kier alpha value is -1.57. The highest BCUT2D eigenvalue weighted by molar-refractivity contribution is 5.46. The molecule has 1 saturated heterocycles. The number of aliphatic hydroxyl groups is 1. The van der Waals surface area contributed by atoms with Gasteiger partial charge in [-0.05, 0) is 31.0 Å². The van der Waals surface area contributed by atoms with Crippen LogP contribution >= 0.6 is 0 Å². The molecule has 1 aliphatic rings. The number of hydrogen-bond acceptors (Lipinski definition) is 3. The molecule has 1 heterocycles. The topological polar surface area (TPSA) is 38.7 Å². The van der Waals surface area contributed by atoms with Crippen LogP contribution in [0.3, 0.4) is 0 Å². The molecule has 0 amide bonds. The van der Waals surface area contributed by atoms with Crippen molar-refractivity contribution in [2.24, 2.45) is 0 Å². The molecule has 1 aromatic rings. The minimum Gasteiger partial charge on any atom is -0.490 e. The van der Waals surface area contributed by atoms with E-state index in [1.165, 1.54) is 12.1 Å². The molecular formula is C15H17FO3. The van der Waals surface area contributed by atoms with Gasteiger partial charge in [0, 0.05) is 13.0 Å². The van der Waals surface area contributed by atoms with Crippen molar-refractivity contribution < 1.29 is 19.0 Å². The first-order valence-electron chi connectivity index (χ1n) is 6.43. The molecule has 1 unspecified atom stereocenters. The van der Waals surface area contributed by atoms with Crippen molar-refractivity contribution in [3.63, 3.8) is 0 Å². The first kappa shape index (κ1) is 13.9. The van der Waals surface area contributed by atoms with Gasteiger partial charge in [0.15, 0.2) is 0 Å². The van der Waals surface area contributed by atoms with Crippen LogP contribution in [0.1, 0.15) is 24.8 Å². The maximum Gasteiger partial charge on any atom is 0.135 e. The zero-order chi connectivity index (χ0) is 13.5. The Labute approximate surface area is 112 Å². The largest absolute Gasteiger partial charge is 0.490 e. The molecule has 0 aliphatic carbocycles. The molecule has 1 N–H and O–H groups in total. The first-order valence-corrected chi connectivity index (χ1v) is 6.43. The van der Waals surface area contributed by atoms with Crippen LogP contribution in [0.4, 0.5) is 4.39 Å².